The molecule has 0 aromatic carbocycles. The van der Waals surface area contributed by atoms with Crippen molar-refractivity contribution < 1.29 is 19.7 Å². The highest BCUT2D eigenvalue weighted by Gasteiger charge is 2.74. The molecule has 4 nitrogen and oxygen atoms in total. The van der Waals surface area contributed by atoms with E-state index in [4.69, 9.17) is 9.84 Å². The second-order valence-corrected chi connectivity index (χ2v) is 13.7. The number of allylic oxidation sites excluding steroid dienone is 2. The fourth-order valence-electron chi connectivity index (χ4n) is 10.4. The van der Waals surface area contributed by atoms with Crippen molar-refractivity contribution in [2.24, 2.45) is 45.3 Å². The monoisotopic (exact) mass is 470 g/mol. The molecule has 6 aliphatic rings. The number of carboxylic acid groups (broad SMARTS) is 1. The van der Waals surface area contributed by atoms with Crippen molar-refractivity contribution >= 4 is 5.97 Å². The van der Waals surface area contributed by atoms with Crippen LogP contribution in [0, 0.1) is 45.3 Å². The van der Waals surface area contributed by atoms with Crippen LogP contribution in [-0.2, 0) is 9.53 Å². The molecule has 190 valence electrons. The lowest BCUT2D eigenvalue weighted by Crippen LogP contribution is -2.73. The summed E-state index contributed by atoms with van der Waals surface area (Å²) in [6, 6.07) is 0. The lowest BCUT2D eigenvalue weighted by Gasteiger charge is -2.74. The minimum Gasteiger partial charge on any atom is -0.478 e. The van der Waals surface area contributed by atoms with Gasteiger partial charge in [-0.3, -0.25) is 0 Å². The van der Waals surface area contributed by atoms with Gasteiger partial charge in [-0.2, -0.15) is 0 Å². The molecule has 2 heterocycles. The first kappa shape index (κ1) is 24.6. The molecule has 34 heavy (non-hydrogen) atoms. The Labute approximate surface area is 206 Å². The van der Waals surface area contributed by atoms with Crippen LogP contribution in [0.25, 0.3) is 0 Å². The maximum atomic E-state index is 11.3. The van der Waals surface area contributed by atoms with Crippen molar-refractivity contribution in [3.8, 4) is 0 Å². The van der Waals surface area contributed by atoms with Crippen LogP contribution in [-0.4, -0.2) is 28.6 Å². The van der Waals surface area contributed by atoms with Crippen LogP contribution in [0.1, 0.15) is 98.8 Å². The molecule has 3 unspecified atom stereocenters. The summed E-state index contributed by atoms with van der Waals surface area (Å²) in [5.41, 5.74) is 2.41. The normalized spacial score (nSPS) is 49.2. The molecule has 2 N–H and O–H groups in total. The van der Waals surface area contributed by atoms with Crippen molar-refractivity contribution in [3.63, 3.8) is 0 Å². The number of carbonyl (C=O) groups is 1. The third kappa shape index (κ3) is 3.00. The topological polar surface area (TPSA) is 66.8 Å². The number of ether oxygens (including phenoxy) is 1. The molecule has 0 aromatic heterocycles. The van der Waals surface area contributed by atoms with Gasteiger partial charge in [0, 0.05) is 22.8 Å². The summed E-state index contributed by atoms with van der Waals surface area (Å²) in [5.74, 6) is 0.678. The molecule has 6 rings (SSSR count). The van der Waals surface area contributed by atoms with Crippen LogP contribution in [0.5, 0.6) is 0 Å². The summed E-state index contributed by atoms with van der Waals surface area (Å²) in [6.07, 6.45) is 12.9. The van der Waals surface area contributed by atoms with Crippen LogP contribution >= 0.6 is 0 Å². The van der Waals surface area contributed by atoms with Gasteiger partial charge in [-0.1, -0.05) is 45.9 Å². The van der Waals surface area contributed by atoms with E-state index >= 15 is 0 Å². The molecule has 0 radical (unpaired) electrons. The predicted octanol–water partition coefficient (Wildman–Crippen LogP) is 6.74. The Kier molecular flexibility index (Phi) is 5.55. The van der Waals surface area contributed by atoms with Crippen LogP contribution in [0.15, 0.2) is 23.8 Å². The molecule has 0 aromatic rings. The number of hydrogen-bond donors (Lipinski definition) is 2. The number of hydrogen-bond acceptors (Lipinski definition) is 3. The molecule has 4 heteroatoms. The molecule has 6 fully saturated rings. The fourth-order valence-corrected chi connectivity index (χ4v) is 10.4. The molecule has 8 atom stereocenters. The average Bonchev–Trinajstić information content (AvgIpc) is 3.13. The third-order valence-electron chi connectivity index (χ3n) is 12.6. The zero-order valence-electron chi connectivity index (χ0n) is 22.1. The second-order valence-electron chi connectivity index (χ2n) is 13.7. The standard InChI is InChI=1S/C30H46O4/c1-19(8-7-9-20(2)25(31)32)21-12-14-27(5)22(21)10-11-24-28(27,6)15-13-23-26(3,4)30(33)17-16-29(23,24)18-34-30/h9,21-24,33H,1,7-8,10-18H2,2-6H3,(H,31,32)/b20-9+/t21-,22-,23?,24?,27-,28-,29-,30?/m1/s1. The van der Waals surface area contributed by atoms with Gasteiger partial charge in [0.1, 0.15) is 0 Å². The molecule has 0 amide bonds. The quantitative estimate of drug-likeness (QED) is 0.345. The molecular weight excluding hydrogens is 424 g/mol. The van der Waals surface area contributed by atoms with Gasteiger partial charge in [0.25, 0.3) is 0 Å². The Morgan fingerprint density at radius 3 is 2.35 bits per heavy atom. The van der Waals surface area contributed by atoms with Gasteiger partial charge >= 0.3 is 5.97 Å². The van der Waals surface area contributed by atoms with E-state index in [1.807, 2.05) is 6.08 Å². The van der Waals surface area contributed by atoms with Crippen molar-refractivity contribution in [1.82, 2.24) is 0 Å². The first-order valence-corrected chi connectivity index (χ1v) is 13.8. The first-order valence-electron chi connectivity index (χ1n) is 13.8. The number of fused-ring (bicyclic) bond motifs is 5. The van der Waals surface area contributed by atoms with Crippen molar-refractivity contribution in [2.45, 2.75) is 105 Å². The van der Waals surface area contributed by atoms with E-state index in [2.05, 4.69) is 34.3 Å². The minimum absolute atomic E-state index is 0.184. The van der Waals surface area contributed by atoms with E-state index in [0.29, 0.717) is 40.1 Å². The maximum Gasteiger partial charge on any atom is 0.330 e. The van der Waals surface area contributed by atoms with E-state index in [1.165, 1.54) is 44.1 Å². The molecule has 4 aliphatic carbocycles. The number of rotatable bonds is 5. The number of aliphatic hydroxyl groups is 1. The van der Waals surface area contributed by atoms with Gasteiger partial charge in [0.05, 0.1) is 6.61 Å². The zero-order valence-corrected chi connectivity index (χ0v) is 22.1. The Hall–Kier alpha value is -1.13. The van der Waals surface area contributed by atoms with Crippen molar-refractivity contribution in [1.29, 1.82) is 0 Å². The highest BCUT2D eigenvalue weighted by molar-refractivity contribution is 5.85. The molecule has 4 saturated carbocycles. The summed E-state index contributed by atoms with van der Waals surface area (Å²) in [7, 11) is 0. The SMILES string of the molecule is C=C(CC/C=C(\C)C(=O)O)[C@H]1CC[C@]2(C)[C@@H]1CCC1[C@]34CCC(O)(OC3)C(C)(C)C4CC[C@]12C. The van der Waals surface area contributed by atoms with Crippen molar-refractivity contribution in [3.05, 3.63) is 23.8 Å². The Morgan fingerprint density at radius 2 is 1.71 bits per heavy atom. The summed E-state index contributed by atoms with van der Waals surface area (Å²) in [5, 5.41) is 20.5. The molecule has 2 bridgehead atoms. The Morgan fingerprint density at radius 1 is 1.00 bits per heavy atom. The second kappa shape index (κ2) is 7.68. The van der Waals surface area contributed by atoms with Gasteiger partial charge in [-0.15, -0.1) is 0 Å². The fraction of sp³-hybridized carbons (Fsp3) is 0.833. The minimum atomic E-state index is -0.947. The first-order chi connectivity index (χ1) is 15.8. The van der Waals surface area contributed by atoms with E-state index < -0.39 is 11.8 Å². The number of aliphatic carboxylic acids is 1. The molecular formula is C30H46O4. The van der Waals surface area contributed by atoms with Gasteiger partial charge in [-0.05, 0) is 99.2 Å². The van der Waals surface area contributed by atoms with Gasteiger partial charge in [0.2, 0.25) is 0 Å². The van der Waals surface area contributed by atoms with Crippen LogP contribution in [0.3, 0.4) is 0 Å². The van der Waals surface area contributed by atoms with E-state index in [0.717, 1.165) is 32.3 Å². The molecule has 2 saturated heterocycles. The van der Waals surface area contributed by atoms with E-state index in [9.17, 15) is 9.90 Å². The smallest absolute Gasteiger partial charge is 0.330 e. The Balaban J connectivity index is 1.38. The van der Waals surface area contributed by atoms with Crippen LogP contribution in [0.4, 0.5) is 0 Å². The van der Waals surface area contributed by atoms with E-state index in [-0.39, 0.29) is 10.8 Å². The summed E-state index contributed by atoms with van der Waals surface area (Å²) in [6.45, 7) is 16.7. The lowest BCUT2D eigenvalue weighted by atomic mass is 9.34. The Bertz CT molecular complexity index is 907. The number of carboxylic acids is 1. The van der Waals surface area contributed by atoms with Crippen molar-refractivity contribution in [2.75, 3.05) is 6.61 Å². The van der Waals surface area contributed by atoms with Crippen LogP contribution < -0.4 is 0 Å². The van der Waals surface area contributed by atoms with Gasteiger partial charge in [-0.25, -0.2) is 4.79 Å². The average molecular weight is 471 g/mol. The maximum absolute atomic E-state index is 11.3. The summed E-state index contributed by atoms with van der Waals surface area (Å²) >= 11 is 0. The third-order valence-corrected chi connectivity index (χ3v) is 12.6. The highest BCUT2D eigenvalue weighted by atomic mass is 16.6. The van der Waals surface area contributed by atoms with Gasteiger partial charge < -0.3 is 14.9 Å². The highest BCUT2D eigenvalue weighted by Crippen LogP contribution is 2.77. The zero-order chi connectivity index (χ0) is 24.7. The van der Waals surface area contributed by atoms with E-state index in [1.54, 1.807) is 6.92 Å². The van der Waals surface area contributed by atoms with Gasteiger partial charge in [0.15, 0.2) is 5.79 Å². The summed E-state index contributed by atoms with van der Waals surface area (Å²) < 4.78 is 6.31. The predicted molar refractivity (Wildman–Crippen MR) is 134 cm³/mol. The molecule has 2 aliphatic heterocycles. The largest absolute Gasteiger partial charge is 0.478 e. The van der Waals surface area contributed by atoms with Crippen LogP contribution in [0.2, 0.25) is 0 Å². The lowest BCUT2D eigenvalue weighted by molar-refractivity contribution is -0.398. The molecule has 1 spiro atoms. The summed E-state index contributed by atoms with van der Waals surface area (Å²) in [4.78, 5) is 11.1.